The predicted octanol–water partition coefficient (Wildman–Crippen LogP) is 9.16. The van der Waals surface area contributed by atoms with Gasteiger partial charge in [0.25, 0.3) is 0 Å². The summed E-state index contributed by atoms with van der Waals surface area (Å²) in [5.74, 6) is 3.47. The number of nitrogens with zero attached hydrogens (tertiary/aromatic N) is 3. The van der Waals surface area contributed by atoms with Crippen molar-refractivity contribution in [2.75, 3.05) is 0 Å². The molecule has 12 heteroatoms. The van der Waals surface area contributed by atoms with E-state index < -0.39 is 25.1 Å². The first-order valence-corrected chi connectivity index (χ1v) is 19.3. The molecule has 1 heterocycles. The number of hydrogen-bond donors (Lipinski definition) is 0. The van der Waals surface area contributed by atoms with Gasteiger partial charge in [0.1, 0.15) is 34.5 Å². The Kier molecular flexibility index (Phi) is 11.5. The molecule has 1 aromatic heterocycles. The average Bonchev–Trinajstić information content (AvgIpc) is 3.19. The fourth-order valence-corrected chi connectivity index (χ4v) is 8.13. The molecule has 0 aliphatic heterocycles. The zero-order chi connectivity index (χ0) is 34.5. The van der Waals surface area contributed by atoms with Crippen LogP contribution in [0.4, 0.5) is 0 Å². The van der Waals surface area contributed by atoms with Crippen LogP contribution in [0.1, 0.15) is 0 Å². The molecule has 0 radical (unpaired) electrons. The van der Waals surface area contributed by atoms with E-state index in [2.05, 4.69) is 0 Å². The molecule has 9 nitrogen and oxygen atoms in total. The summed E-state index contributed by atoms with van der Waals surface area (Å²) in [7, 11) is -5.97. The Labute approximate surface area is 299 Å². The fourth-order valence-electron chi connectivity index (χ4n) is 4.35. The molecule has 0 atom stereocenters. The maximum absolute atomic E-state index is 6.49. The van der Waals surface area contributed by atoms with Gasteiger partial charge in [-0.1, -0.05) is 109 Å². The highest BCUT2D eigenvalue weighted by molar-refractivity contribution is 7.58. The first-order chi connectivity index (χ1) is 25.2. The molecule has 0 amide bonds. The Hall–Kier alpha value is -5.58. The molecule has 0 N–H and O–H groups in total. The van der Waals surface area contributed by atoms with Crippen LogP contribution in [-0.2, 0) is 0 Å². The Morgan fingerprint density at radius 3 is 0.549 bits per heavy atom. The highest BCUT2D eigenvalue weighted by Gasteiger charge is 2.34. The normalized spacial score (nSPS) is 10.9. The molecule has 0 aliphatic rings. The van der Waals surface area contributed by atoms with Crippen molar-refractivity contribution in [2.45, 2.75) is 0 Å². The van der Waals surface area contributed by atoms with Gasteiger partial charge in [0, 0.05) is 0 Å². The van der Waals surface area contributed by atoms with Crippen molar-refractivity contribution in [3.05, 3.63) is 182 Å². The summed E-state index contributed by atoms with van der Waals surface area (Å²) in [6, 6.07) is 56.3. The van der Waals surface area contributed by atoms with Crippen LogP contribution >= 0.6 is 25.1 Å². The molecule has 0 fully saturated rings. The molecule has 0 bridgehead atoms. The van der Waals surface area contributed by atoms with Crippen molar-refractivity contribution < 1.29 is 27.1 Å². The van der Waals surface area contributed by atoms with Gasteiger partial charge in [-0.15, -0.1) is 0 Å². The predicted molar refractivity (Wildman–Crippen MR) is 202 cm³/mol. The second-order valence-electron chi connectivity index (χ2n) is 10.4. The smallest absolute Gasteiger partial charge is 0.366 e. The Morgan fingerprint density at radius 2 is 0.392 bits per heavy atom. The average molecular weight is 730 g/mol. The van der Waals surface area contributed by atoms with Crippen molar-refractivity contribution in [1.29, 1.82) is 0 Å². The largest absolute Gasteiger partial charge is 0.433 e. The summed E-state index contributed by atoms with van der Waals surface area (Å²) < 4.78 is 38.9. The maximum atomic E-state index is 6.49. The van der Waals surface area contributed by atoms with Crippen LogP contribution in [-0.4, -0.2) is 15.0 Å². The van der Waals surface area contributed by atoms with E-state index in [0.717, 1.165) is 0 Å². The number of rotatable bonds is 15. The molecule has 0 spiro atoms. The summed E-state index contributed by atoms with van der Waals surface area (Å²) in [6.07, 6.45) is 0. The van der Waals surface area contributed by atoms with Crippen LogP contribution in [0.3, 0.4) is 0 Å². The zero-order valence-corrected chi connectivity index (χ0v) is 29.6. The van der Waals surface area contributed by atoms with Gasteiger partial charge >= 0.3 is 25.1 Å². The van der Waals surface area contributed by atoms with E-state index in [1.54, 1.807) is 0 Å². The highest BCUT2D eigenvalue weighted by Crippen LogP contribution is 2.43. The zero-order valence-electron chi connectivity index (χ0n) is 27.0. The summed E-state index contributed by atoms with van der Waals surface area (Å²) in [4.78, 5) is 14.8. The van der Waals surface area contributed by atoms with Crippen LogP contribution in [0.2, 0.25) is 0 Å². The van der Waals surface area contributed by atoms with Gasteiger partial charge in [0.2, 0.25) is 16.7 Å². The molecule has 252 valence electrons. The summed E-state index contributed by atoms with van der Waals surface area (Å²) >= 11 is 0. The third-order valence-corrected chi connectivity index (χ3v) is 10.5. The number of para-hydroxylation sites is 6. The first-order valence-electron chi connectivity index (χ1n) is 15.8. The van der Waals surface area contributed by atoms with Gasteiger partial charge < -0.3 is 27.1 Å². The Morgan fingerprint density at radius 1 is 0.235 bits per heavy atom. The fraction of sp³-hybridized carbons (Fsp3) is 0. The van der Waals surface area contributed by atoms with Crippen LogP contribution in [0.5, 0.6) is 34.5 Å². The minimum Gasteiger partial charge on any atom is -0.433 e. The molecule has 6 aromatic carbocycles. The van der Waals surface area contributed by atoms with E-state index in [1.807, 2.05) is 182 Å². The molecule has 7 aromatic rings. The molecule has 51 heavy (non-hydrogen) atoms. The molecule has 0 saturated carbocycles. The van der Waals surface area contributed by atoms with Gasteiger partial charge in [-0.3, -0.25) is 0 Å². The van der Waals surface area contributed by atoms with Crippen molar-refractivity contribution in [1.82, 2.24) is 15.0 Å². The van der Waals surface area contributed by atoms with Gasteiger partial charge in [-0.05, 0) is 72.8 Å². The lowest BCUT2D eigenvalue weighted by molar-refractivity contribution is 0.495. The van der Waals surface area contributed by atoms with Crippen LogP contribution in [0.25, 0.3) is 0 Å². The molecule has 0 saturated heterocycles. The van der Waals surface area contributed by atoms with Gasteiger partial charge in [-0.2, -0.15) is 15.0 Å². The lowest BCUT2D eigenvalue weighted by Gasteiger charge is -2.22. The van der Waals surface area contributed by atoms with Gasteiger partial charge in [0.05, 0.1) is 0 Å². The van der Waals surface area contributed by atoms with E-state index >= 15 is 0 Å². The van der Waals surface area contributed by atoms with Crippen molar-refractivity contribution in [2.24, 2.45) is 0 Å². The van der Waals surface area contributed by atoms with Gasteiger partial charge in [0.15, 0.2) is 0 Å². The van der Waals surface area contributed by atoms with E-state index in [0.29, 0.717) is 34.5 Å². The van der Waals surface area contributed by atoms with Crippen LogP contribution in [0, 0.1) is 0 Å². The quantitative estimate of drug-likeness (QED) is 0.0958. The van der Waals surface area contributed by atoms with Crippen LogP contribution < -0.4 is 43.8 Å². The van der Waals surface area contributed by atoms with E-state index in [-0.39, 0.29) is 16.7 Å². The Balaban J connectivity index is 1.37. The molecular weight excluding hydrogens is 699 g/mol. The standard InChI is InChI=1S/C39H30N3O6P3/c1-7-19-31(20-8-1)43-49(44-32-21-9-2-10-22-32)37-40-38(50(45-33-23-11-3-12-24-33)46-34-25-13-4-14-26-34)42-39(41-37)51(47-35-27-15-5-16-28-35)48-36-29-17-6-18-30-36/h1-30H. The topological polar surface area (TPSA) is 94.1 Å². The molecule has 0 unspecified atom stereocenters. The summed E-state index contributed by atoms with van der Waals surface area (Å²) in [5.41, 5.74) is 0.665. The molecular formula is C39H30N3O6P3. The SMILES string of the molecule is c1ccc(OP(Oc2ccccc2)c2nc(P(Oc3ccccc3)Oc3ccccc3)nc(P(Oc3ccccc3)Oc3ccccc3)n2)cc1. The van der Waals surface area contributed by atoms with Crippen molar-refractivity contribution in [3.8, 4) is 34.5 Å². The number of hydrogen-bond acceptors (Lipinski definition) is 9. The van der Waals surface area contributed by atoms with E-state index in [4.69, 9.17) is 42.1 Å². The van der Waals surface area contributed by atoms with Crippen molar-refractivity contribution >= 4 is 41.8 Å². The second-order valence-corrected chi connectivity index (χ2v) is 14.3. The van der Waals surface area contributed by atoms with Crippen LogP contribution in [0.15, 0.2) is 182 Å². The minimum atomic E-state index is -1.99. The van der Waals surface area contributed by atoms with E-state index in [9.17, 15) is 0 Å². The summed E-state index contributed by atoms with van der Waals surface area (Å²) in [5, 5.41) is 0. The van der Waals surface area contributed by atoms with E-state index in [1.165, 1.54) is 0 Å². The van der Waals surface area contributed by atoms with Gasteiger partial charge in [-0.25, -0.2) is 0 Å². The second kappa shape index (κ2) is 17.4. The Bertz CT molecular complexity index is 1700. The number of benzene rings is 6. The highest BCUT2D eigenvalue weighted by atomic mass is 31.2. The molecule has 0 aliphatic carbocycles. The third-order valence-electron chi connectivity index (χ3n) is 6.68. The number of aromatic nitrogens is 3. The third kappa shape index (κ3) is 9.78. The lowest BCUT2D eigenvalue weighted by atomic mass is 10.3. The molecule has 7 rings (SSSR count). The monoisotopic (exact) mass is 729 g/mol. The van der Waals surface area contributed by atoms with Crippen molar-refractivity contribution in [3.63, 3.8) is 0 Å². The lowest BCUT2D eigenvalue weighted by Crippen LogP contribution is -2.37. The minimum absolute atomic E-state index is 0.222. The first kappa shape index (κ1) is 33.9. The maximum Gasteiger partial charge on any atom is 0.366 e. The summed E-state index contributed by atoms with van der Waals surface area (Å²) in [6.45, 7) is 0.